The summed E-state index contributed by atoms with van der Waals surface area (Å²) < 4.78 is 7.70. The third-order valence-electron chi connectivity index (χ3n) is 6.23. The Kier molecular flexibility index (Phi) is 6.22. The Morgan fingerprint density at radius 1 is 1.00 bits per heavy atom. The molecule has 5 rings (SSSR count). The van der Waals surface area contributed by atoms with Gasteiger partial charge in [-0.1, -0.05) is 0 Å². The van der Waals surface area contributed by atoms with E-state index in [0.29, 0.717) is 0 Å². The maximum Gasteiger partial charge on any atom is 0.323 e. The molecule has 3 aromatic rings. The summed E-state index contributed by atoms with van der Waals surface area (Å²) in [4.78, 5) is 21.8. The van der Waals surface area contributed by atoms with Gasteiger partial charge >= 0.3 is 6.03 Å². The van der Waals surface area contributed by atoms with Crippen LogP contribution >= 0.6 is 0 Å². The molecule has 168 valence electrons. The van der Waals surface area contributed by atoms with Crippen molar-refractivity contribution in [3.05, 3.63) is 48.8 Å². The zero-order valence-corrected chi connectivity index (χ0v) is 18.3. The second-order valence-corrected chi connectivity index (χ2v) is 8.38. The van der Waals surface area contributed by atoms with Crippen molar-refractivity contribution in [3.8, 4) is 0 Å². The molecule has 2 fully saturated rings. The van der Waals surface area contributed by atoms with Crippen molar-refractivity contribution < 1.29 is 9.53 Å². The van der Waals surface area contributed by atoms with E-state index in [0.717, 1.165) is 87.9 Å². The quantitative estimate of drug-likeness (QED) is 0.620. The molecule has 4 heterocycles. The van der Waals surface area contributed by atoms with Crippen LogP contribution in [0.15, 0.2) is 48.8 Å². The number of urea groups is 1. The van der Waals surface area contributed by atoms with E-state index in [1.807, 2.05) is 24.3 Å². The van der Waals surface area contributed by atoms with Crippen LogP contribution in [-0.2, 0) is 11.3 Å². The standard InChI is InChI=1S/C24H30N6O2/c31-24(27-21-4-3-8-25-23(21)30-9-1-2-10-30)26-20-5-6-22-19(18-20)7-11-29(22)13-12-28-14-16-32-17-15-28/h3-8,11,18H,1-2,9-10,12-17H2,(H2,26,27,31). The van der Waals surface area contributed by atoms with Gasteiger partial charge < -0.3 is 24.8 Å². The first-order chi connectivity index (χ1) is 15.8. The van der Waals surface area contributed by atoms with E-state index in [-0.39, 0.29) is 6.03 Å². The van der Waals surface area contributed by atoms with Crippen molar-refractivity contribution in [1.29, 1.82) is 0 Å². The molecule has 0 spiro atoms. The number of nitrogens with zero attached hydrogens (tertiary/aromatic N) is 4. The molecule has 2 N–H and O–H groups in total. The van der Waals surface area contributed by atoms with Crippen molar-refractivity contribution in [2.24, 2.45) is 0 Å². The van der Waals surface area contributed by atoms with Crippen LogP contribution in [0.1, 0.15) is 12.8 Å². The second-order valence-electron chi connectivity index (χ2n) is 8.38. The molecular weight excluding hydrogens is 404 g/mol. The average molecular weight is 435 g/mol. The van der Waals surface area contributed by atoms with E-state index in [2.05, 4.69) is 48.3 Å². The van der Waals surface area contributed by atoms with Gasteiger partial charge in [0.1, 0.15) is 0 Å². The molecule has 0 bridgehead atoms. The van der Waals surface area contributed by atoms with E-state index in [1.54, 1.807) is 6.20 Å². The fraction of sp³-hybridized carbons (Fsp3) is 0.417. The molecule has 0 radical (unpaired) electrons. The van der Waals surface area contributed by atoms with Crippen LogP contribution in [0.5, 0.6) is 0 Å². The average Bonchev–Trinajstić information content (AvgIpc) is 3.49. The molecule has 0 saturated carbocycles. The van der Waals surface area contributed by atoms with E-state index >= 15 is 0 Å². The molecule has 2 aliphatic heterocycles. The fourth-order valence-corrected chi connectivity index (χ4v) is 4.51. The monoisotopic (exact) mass is 434 g/mol. The fourth-order valence-electron chi connectivity index (χ4n) is 4.51. The predicted octanol–water partition coefficient (Wildman–Crippen LogP) is 3.61. The van der Waals surface area contributed by atoms with E-state index in [9.17, 15) is 4.79 Å². The van der Waals surface area contributed by atoms with Gasteiger partial charge in [-0.15, -0.1) is 0 Å². The van der Waals surface area contributed by atoms with Gasteiger partial charge in [-0.3, -0.25) is 4.90 Å². The second kappa shape index (κ2) is 9.58. The summed E-state index contributed by atoms with van der Waals surface area (Å²) in [7, 11) is 0. The number of benzene rings is 1. The predicted molar refractivity (Wildman–Crippen MR) is 128 cm³/mol. The number of hydrogen-bond acceptors (Lipinski definition) is 5. The summed E-state index contributed by atoms with van der Waals surface area (Å²) in [5.41, 5.74) is 2.68. The van der Waals surface area contributed by atoms with Crippen molar-refractivity contribution in [3.63, 3.8) is 0 Å². The Labute approximate surface area is 188 Å². The molecule has 2 amide bonds. The van der Waals surface area contributed by atoms with Crippen LogP contribution in [0.4, 0.5) is 22.0 Å². The number of ether oxygens (including phenoxy) is 1. The van der Waals surface area contributed by atoms with Gasteiger partial charge in [-0.25, -0.2) is 9.78 Å². The third-order valence-corrected chi connectivity index (χ3v) is 6.23. The lowest BCUT2D eigenvalue weighted by atomic mass is 10.2. The molecule has 0 atom stereocenters. The van der Waals surface area contributed by atoms with Gasteiger partial charge in [0.2, 0.25) is 0 Å². The lowest BCUT2D eigenvalue weighted by Gasteiger charge is -2.26. The van der Waals surface area contributed by atoms with Crippen LogP contribution in [0, 0.1) is 0 Å². The van der Waals surface area contributed by atoms with E-state index in [1.165, 1.54) is 5.52 Å². The van der Waals surface area contributed by atoms with Gasteiger partial charge in [0.25, 0.3) is 0 Å². The summed E-state index contributed by atoms with van der Waals surface area (Å²) in [6.45, 7) is 7.55. The molecule has 8 nitrogen and oxygen atoms in total. The Hall–Kier alpha value is -3.10. The molecule has 2 saturated heterocycles. The smallest absolute Gasteiger partial charge is 0.323 e. The van der Waals surface area contributed by atoms with Crippen LogP contribution in [-0.4, -0.2) is 66.4 Å². The minimum atomic E-state index is -0.260. The topological polar surface area (TPSA) is 74.7 Å². The van der Waals surface area contributed by atoms with Gasteiger partial charge in [0.05, 0.1) is 18.9 Å². The minimum absolute atomic E-state index is 0.260. The van der Waals surface area contributed by atoms with Crippen LogP contribution < -0.4 is 15.5 Å². The molecule has 2 aromatic heterocycles. The van der Waals surface area contributed by atoms with Crippen LogP contribution in [0.3, 0.4) is 0 Å². The Balaban J connectivity index is 1.22. The summed E-state index contributed by atoms with van der Waals surface area (Å²) in [6, 6.07) is 11.6. The van der Waals surface area contributed by atoms with Crippen LogP contribution in [0.2, 0.25) is 0 Å². The van der Waals surface area contributed by atoms with Crippen molar-refractivity contribution in [2.45, 2.75) is 19.4 Å². The van der Waals surface area contributed by atoms with Crippen molar-refractivity contribution in [1.82, 2.24) is 14.5 Å². The highest BCUT2D eigenvalue weighted by Crippen LogP contribution is 2.26. The lowest BCUT2D eigenvalue weighted by Crippen LogP contribution is -2.38. The van der Waals surface area contributed by atoms with Crippen molar-refractivity contribution in [2.75, 3.05) is 61.5 Å². The number of nitrogens with one attached hydrogen (secondary N) is 2. The zero-order chi connectivity index (χ0) is 21.8. The molecule has 8 heteroatoms. The highest BCUT2D eigenvalue weighted by Gasteiger charge is 2.18. The summed E-state index contributed by atoms with van der Waals surface area (Å²) >= 11 is 0. The van der Waals surface area contributed by atoms with Gasteiger partial charge in [0, 0.05) is 68.3 Å². The Morgan fingerprint density at radius 2 is 1.84 bits per heavy atom. The third kappa shape index (κ3) is 4.71. The maximum absolute atomic E-state index is 12.7. The normalized spacial score (nSPS) is 17.1. The number of hydrogen-bond donors (Lipinski definition) is 2. The number of amides is 2. The zero-order valence-electron chi connectivity index (χ0n) is 18.3. The molecule has 0 aliphatic carbocycles. The highest BCUT2D eigenvalue weighted by molar-refractivity contribution is 6.02. The molecular formula is C24H30N6O2. The Bertz CT molecular complexity index is 1070. The molecule has 2 aliphatic rings. The molecule has 1 aromatic carbocycles. The molecule has 0 unspecified atom stereocenters. The number of rotatable bonds is 6. The first-order valence-corrected chi connectivity index (χ1v) is 11.4. The van der Waals surface area contributed by atoms with Crippen molar-refractivity contribution >= 4 is 34.1 Å². The highest BCUT2D eigenvalue weighted by atomic mass is 16.5. The lowest BCUT2D eigenvalue weighted by molar-refractivity contribution is 0.0365. The number of carbonyl (C=O) groups excluding carboxylic acids is 1. The SMILES string of the molecule is O=C(Nc1ccc2c(ccn2CCN2CCOCC2)c1)Nc1cccnc1N1CCCC1. The van der Waals surface area contributed by atoms with Crippen LogP contribution in [0.25, 0.3) is 10.9 Å². The summed E-state index contributed by atoms with van der Waals surface area (Å²) in [5, 5.41) is 7.05. The first-order valence-electron chi connectivity index (χ1n) is 11.4. The number of carbonyl (C=O) groups is 1. The number of pyridine rings is 1. The number of anilines is 3. The Morgan fingerprint density at radius 3 is 2.69 bits per heavy atom. The minimum Gasteiger partial charge on any atom is -0.379 e. The number of fused-ring (bicyclic) bond motifs is 1. The van der Waals surface area contributed by atoms with Gasteiger partial charge in [0.15, 0.2) is 5.82 Å². The molecule has 32 heavy (non-hydrogen) atoms. The van der Waals surface area contributed by atoms with Gasteiger partial charge in [-0.2, -0.15) is 0 Å². The number of aromatic nitrogens is 2. The van der Waals surface area contributed by atoms with Gasteiger partial charge in [-0.05, 0) is 49.2 Å². The summed E-state index contributed by atoms with van der Waals surface area (Å²) in [6.07, 6.45) is 6.21. The summed E-state index contributed by atoms with van der Waals surface area (Å²) in [5.74, 6) is 0.841. The van der Waals surface area contributed by atoms with E-state index < -0.39 is 0 Å². The number of morpholine rings is 1. The largest absolute Gasteiger partial charge is 0.379 e. The van der Waals surface area contributed by atoms with E-state index in [4.69, 9.17) is 4.74 Å². The first kappa shape index (κ1) is 20.8. The maximum atomic E-state index is 12.7.